The molecule has 2 rings (SSSR count). The summed E-state index contributed by atoms with van der Waals surface area (Å²) in [6.45, 7) is 4.31. The molecule has 90 valence electrons. The van der Waals surface area contributed by atoms with E-state index in [0.717, 1.165) is 18.2 Å². The van der Waals surface area contributed by atoms with Crippen molar-refractivity contribution in [3.8, 4) is 11.8 Å². The molecule has 1 aliphatic carbocycles. The maximum absolute atomic E-state index is 9.50. The highest BCUT2D eigenvalue weighted by Gasteiger charge is 2.19. The van der Waals surface area contributed by atoms with Gasteiger partial charge in [0.25, 0.3) is 0 Å². The van der Waals surface area contributed by atoms with Crippen molar-refractivity contribution < 1.29 is 5.11 Å². The Hall–Kier alpha value is -1.30. The smallest absolute Gasteiger partial charge is 0.120 e. The van der Waals surface area contributed by atoms with Crippen molar-refractivity contribution in [3.63, 3.8) is 0 Å². The van der Waals surface area contributed by atoms with Crippen LogP contribution in [0.3, 0.4) is 0 Å². The number of hydrogen-bond acceptors (Lipinski definition) is 2. The highest BCUT2D eigenvalue weighted by molar-refractivity contribution is 5.37. The van der Waals surface area contributed by atoms with Crippen molar-refractivity contribution in [1.29, 1.82) is 0 Å². The van der Waals surface area contributed by atoms with Gasteiger partial charge in [-0.25, -0.2) is 0 Å². The lowest BCUT2D eigenvalue weighted by atomic mass is 10.1. The van der Waals surface area contributed by atoms with Crippen LogP contribution in [0.4, 0.5) is 0 Å². The zero-order valence-electron chi connectivity index (χ0n) is 10.5. The molecule has 1 fully saturated rings. The van der Waals surface area contributed by atoms with E-state index in [0.29, 0.717) is 0 Å². The van der Waals surface area contributed by atoms with Crippen molar-refractivity contribution in [2.75, 3.05) is 0 Å². The lowest BCUT2D eigenvalue weighted by Gasteiger charge is -2.06. The molecular weight excluding hydrogens is 210 g/mol. The fourth-order valence-corrected chi connectivity index (χ4v) is 1.48. The van der Waals surface area contributed by atoms with Crippen molar-refractivity contribution in [2.24, 2.45) is 0 Å². The summed E-state index contributed by atoms with van der Waals surface area (Å²) in [5.41, 5.74) is 1.31. The highest BCUT2D eigenvalue weighted by Crippen LogP contribution is 2.19. The number of benzene rings is 1. The van der Waals surface area contributed by atoms with E-state index in [1.165, 1.54) is 18.4 Å². The van der Waals surface area contributed by atoms with Gasteiger partial charge in [0.1, 0.15) is 5.60 Å². The molecule has 0 unspecified atom stereocenters. The van der Waals surface area contributed by atoms with Crippen LogP contribution in [0.1, 0.15) is 37.8 Å². The molecule has 17 heavy (non-hydrogen) atoms. The summed E-state index contributed by atoms with van der Waals surface area (Å²) in [6.07, 6.45) is 2.63. The Kier molecular flexibility index (Phi) is 3.51. The van der Waals surface area contributed by atoms with Gasteiger partial charge in [0.05, 0.1) is 0 Å². The zero-order chi connectivity index (χ0) is 12.3. The Morgan fingerprint density at radius 3 is 2.47 bits per heavy atom. The van der Waals surface area contributed by atoms with Crippen molar-refractivity contribution in [1.82, 2.24) is 5.32 Å². The van der Waals surface area contributed by atoms with E-state index < -0.39 is 5.60 Å². The van der Waals surface area contributed by atoms with Gasteiger partial charge in [-0.05, 0) is 44.4 Å². The zero-order valence-corrected chi connectivity index (χ0v) is 10.5. The highest BCUT2D eigenvalue weighted by atomic mass is 16.3. The van der Waals surface area contributed by atoms with Crippen LogP contribution in [-0.2, 0) is 6.54 Å². The molecule has 2 heteroatoms. The van der Waals surface area contributed by atoms with Gasteiger partial charge in [0.15, 0.2) is 0 Å². The summed E-state index contributed by atoms with van der Waals surface area (Å²) in [7, 11) is 0. The molecule has 0 atom stereocenters. The molecule has 0 aliphatic heterocycles. The Labute approximate surface area is 103 Å². The fourth-order valence-electron chi connectivity index (χ4n) is 1.48. The second-order valence-electron chi connectivity index (χ2n) is 5.16. The molecule has 2 nitrogen and oxygen atoms in total. The molecule has 0 bridgehead atoms. The van der Waals surface area contributed by atoms with E-state index >= 15 is 0 Å². The predicted octanol–water partition coefficient (Wildman–Crippen LogP) is 2.06. The Morgan fingerprint density at radius 1 is 1.29 bits per heavy atom. The van der Waals surface area contributed by atoms with E-state index in [2.05, 4.69) is 29.3 Å². The van der Waals surface area contributed by atoms with Gasteiger partial charge in [0, 0.05) is 18.2 Å². The van der Waals surface area contributed by atoms with Gasteiger partial charge in [0.2, 0.25) is 0 Å². The van der Waals surface area contributed by atoms with Crippen molar-refractivity contribution >= 4 is 0 Å². The summed E-state index contributed by atoms with van der Waals surface area (Å²) in [5, 5.41) is 13.0. The summed E-state index contributed by atoms with van der Waals surface area (Å²) < 4.78 is 0. The Morgan fingerprint density at radius 2 is 1.94 bits per heavy atom. The third kappa shape index (κ3) is 4.60. The van der Waals surface area contributed by atoms with Gasteiger partial charge in [-0.3, -0.25) is 0 Å². The lowest BCUT2D eigenvalue weighted by Crippen LogP contribution is -2.15. The molecule has 1 aromatic carbocycles. The van der Waals surface area contributed by atoms with Crippen LogP contribution in [0.15, 0.2) is 24.3 Å². The first-order valence-corrected chi connectivity index (χ1v) is 6.11. The average molecular weight is 229 g/mol. The molecular formula is C15H19NO. The topological polar surface area (TPSA) is 32.3 Å². The first kappa shape index (κ1) is 12.2. The maximum atomic E-state index is 9.50. The van der Waals surface area contributed by atoms with Gasteiger partial charge < -0.3 is 10.4 Å². The molecule has 2 N–H and O–H groups in total. The summed E-state index contributed by atoms with van der Waals surface area (Å²) in [5.74, 6) is 5.78. The molecule has 0 amide bonds. The minimum atomic E-state index is -0.924. The van der Waals surface area contributed by atoms with Crippen LogP contribution in [0.2, 0.25) is 0 Å². The first-order valence-electron chi connectivity index (χ1n) is 6.11. The number of nitrogens with one attached hydrogen (secondary N) is 1. The molecule has 1 aromatic rings. The van der Waals surface area contributed by atoms with Crippen molar-refractivity contribution in [2.45, 2.75) is 44.9 Å². The molecule has 0 saturated heterocycles. The van der Waals surface area contributed by atoms with Crippen LogP contribution in [0, 0.1) is 11.8 Å². The second-order valence-corrected chi connectivity index (χ2v) is 5.16. The fraction of sp³-hybridized carbons (Fsp3) is 0.467. The van der Waals surface area contributed by atoms with E-state index in [4.69, 9.17) is 0 Å². The molecule has 0 aromatic heterocycles. The normalized spacial score (nSPS) is 15.2. The largest absolute Gasteiger partial charge is 0.378 e. The van der Waals surface area contributed by atoms with E-state index in [-0.39, 0.29) is 0 Å². The van der Waals surface area contributed by atoms with E-state index in [1.807, 2.05) is 12.1 Å². The van der Waals surface area contributed by atoms with Gasteiger partial charge in [-0.15, -0.1) is 0 Å². The molecule has 1 aliphatic rings. The maximum Gasteiger partial charge on any atom is 0.120 e. The summed E-state index contributed by atoms with van der Waals surface area (Å²) in [6, 6.07) is 8.92. The monoisotopic (exact) mass is 229 g/mol. The number of rotatable bonds is 3. The van der Waals surface area contributed by atoms with Crippen LogP contribution >= 0.6 is 0 Å². The number of aliphatic hydroxyl groups is 1. The van der Waals surface area contributed by atoms with Gasteiger partial charge in [-0.1, -0.05) is 24.0 Å². The summed E-state index contributed by atoms with van der Waals surface area (Å²) in [4.78, 5) is 0. The number of hydrogen-bond donors (Lipinski definition) is 2. The molecule has 1 saturated carbocycles. The average Bonchev–Trinajstić information content (AvgIpc) is 3.08. The Balaban J connectivity index is 1.93. The minimum absolute atomic E-state index is 0.740. The SMILES string of the molecule is CC(C)(O)C#Cc1ccc(CNC2CC2)cc1. The predicted molar refractivity (Wildman–Crippen MR) is 69.5 cm³/mol. The molecule has 0 spiro atoms. The third-order valence-electron chi connectivity index (χ3n) is 2.64. The van der Waals surface area contributed by atoms with Crippen molar-refractivity contribution in [3.05, 3.63) is 35.4 Å². The second kappa shape index (κ2) is 4.91. The first-order chi connectivity index (χ1) is 8.03. The molecule has 0 radical (unpaired) electrons. The standard InChI is InChI=1S/C15H19NO/c1-15(2,17)10-9-12-3-5-13(6-4-12)11-16-14-7-8-14/h3-6,14,16-17H,7-8,11H2,1-2H3. The third-order valence-corrected chi connectivity index (χ3v) is 2.64. The van der Waals surface area contributed by atoms with Gasteiger partial charge >= 0.3 is 0 Å². The van der Waals surface area contributed by atoms with Crippen LogP contribution < -0.4 is 5.32 Å². The van der Waals surface area contributed by atoms with Gasteiger partial charge in [-0.2, -0.15) is 0 Å². The van der Waals surface area contributed by atoms with Crippen LogP contribution in [0.5, 0.6) is 0 Å². The van der Waals surface area contributed by atoms with Crippen LogP contribution in [-0.4, -0.2) is 16.7 Å². The minimum Gasteiger partial charge on any atom is -0.378 e. The summed E-state index contributed by atoms with van der Waals surface area (Å²) >= 11 is 0. The van der Waals surface area contributed by atoms with E-state index in [1.54, 1.807) is 13.8 Å². The lowest BCUT2D eigenvalue weighted by molar-refractivity contribution is 0.143. The molecule has 0 heterocycles. The quantitative estimate of drug-likeness (QED) is 0.778. The Bertz CT molecular complexity index is 427. The van der Waals surface area contributed by atoms with E-state index in [9.17, 15) is 5.11 Å². The van der Waals surface area contributed by atoms with Crippen LogP contribution in [0.25, 0.3) is 0 Å².